The van der Waals surface area contributed by atoms with E-state index in [1.165, 1.54) is 20.3 Å². The Hall–Kier alpha value is -2.74. The van der Waals surface area contributed by atoms with E-state index in [0.717, 1.165) is 0 Å². The SMILES string of the molecule is COC[C@H]1OC(=O)c2coc3c2[C@@]1(C)C1=C(C3=O)[C@]2(C)CCC(=O)[C@@]2(C)C[C@H]1OC(C)=O. The van der Waals surface area contributed by atoms with E-state index in [4.69, 9.17) is 18.6 Å². The van der Waals surface area contributed by atoms with Gasteiger partial charge in [0, 0.05) is 48.8 Å². The van der Waals surface area contributed by atoms with E-state index < -0.39 is 40.4 Å². The summed E-state index contributed by atoms with van der Waals surface area (Å²) in [5, 5.41) is 0. The maximum atomic E-state index is 13.9. The summed E-state index contributed by atoms with van der Waals surface area (Å²) in [5.74, 6) is -1.31. The van der Waals surface area contributed by atoms with Crippen molar-refractivity contribution in [2.45, 2.75) is 64.6 Å². The molecule has 1 aromatic heterocycles. The highest BCUT2D eigenvalue weighted by atomic mass is 16.6. The van der Waals surface area contributed by atoms with Crippen molar-refractivity contribution < 1.29 is 37.8 Å². The minimum atomic E-state index is -1.01. The number of ether oxygens (including phenoxy) is 3. The average molecular weight is 442 g/mol. The van der Waals surface area contributed by atoms with E-state index in [1.807, 2.05) is 20.8 Å². The Morgan fingerprint density at radius 2 is 1.91 bits per heavy atom. The Bertz CT molecular complexity index is 1130. The Balaban J connectivity index is 1.87. The number of Topliss-reactive ketones (excluding diaryl/α,β-unsaturated/α-hetero) is 2. The van der Waals surface area contributed by atoms with Crippen LogP contribution in [0.4, 0.5) is 0 Å². The van der Waals surface area contributed by atoms with Crippen molar-refractivity contribution in [1.29, 1.82) is 0 Å². The zero-order chi connectivity index (χ0) is 23.2. The summed E-state index contributed by atoms with van der Waals surface area (Å²) in [6, 6.07) is 0. The van der Waals surface area contributed by atoms with E-state index >= 15 is 0 Å². The highest BCUT2D eigenvalue weighted by Gasteiger charge is 2.68. The molecule has 0 aromatic carbocycles. The quantitative estimate of drug-likeness (QED) is 0.658. The molecule has 5 atom stereocenters. The van der Waals surface area contributed by atoms with Gasteiger partial charge in [0.2, 0.25) is 5.78 Å². The fourth-order valence-corrected chi connectivity index (χ4v) is 6.60. The summed E-state index contributed by atoms with van der Waals surface area (Å²) in [6.07, 6.45) is 0.793. The third-order valence-corrected chi connectivity index (χ3v) is 8.46. The number of hydrogen-bond donors (Lipinski definition) is 0. The van der Waals surface area contributed by atoms with E-state index in [9.17, 15) is 19.2 Å². The molecule has 8 heteroatoms. The van der Waals surface area contributed by atoms with E-state index in [2.05, 4.69) is 0 Å². The normalized spacial score (nSPS) is 37.6. The fraction of sp³-hybridized carbons (Fsp3) is 0.583. The van der Waals surface area contributed by atoms with E-state index in [-0.39, 0.29) is 35.9 Å². The van der Waals surface area contributed by atoms with Gasteiger partial charge in [0.05, 0.1) is 12.0 Å². The molecule has 0 spiro atoms. The van der Waals surface area contributed by atoms with Crippen LogP contribution in [0.15, 0.2) is 21.8 Å². The number of carbonyl (C=O) groups is 4. The van der Waals surface area contributed by atoms with Gasteiger partial charge in [-0.25, -0.2) is 4.79 Å². The summed E-state index contributed by atoms with van der Waals surface area (Å²) in [4.78, 5) is 51.8. The Kier molecular flexibility index (Phi) is 4.23. The molecule has 170 valence electrons. The highest BCUT2D eigenvalue weighted by molar-refractivity contribution is 6.15. The van der Waals surface area contributed by atoms with Crippen molar-refractivity contribution in [3.63, 3.8) is 0 Å². The molecule has 0 bridgehead atoms. The van der Waals surface area contributed by atoms with Crippen molar-refractivity contribution in [1.82, 2.24) is 0 Å². The molecule has 0 amide bonds. The second-order valence-electron chi connectivity index (χ2n) is 9.91. The number of ketones is 2. The van der Waals surface area contributed by atoms with Crippen LogP contribution in [0, 0.1) is 10.8 Å². The molecule has 0 saturated heterocycles. The van der Waals surface area contributed by atoms with Crippen LogP contribution >= 0.6 is 0 Å². The van der Waals surface area contributed by atoms with Crippen molar-refractivity contribution >= 4 is 23.5 Å². The van der Waals surface area contributed by atoms with Crippen LogP contribution in [0.3, 0.4) is 0 Å². The van der Waals surface area contributed by atoms with Crippen LogP contribution in [0.2, 0.25) is 0 Å². The Morgan fingerprint density at radius 3 is 2.56 bits per heavy atom. The van der Waals surface area contributed by atoms with Gasteiger partial charge < -0.3 is 18.6 Å². The zero-order valence-electron chi connectivity index (χ0n) is 18.8. The van der Waals surface area contributed by atoms with Gasteiger partial charge in [-0.1, -0.05) is 13.8 Å². The monoisotopic (exact) mass is 442 g/mol. The molecular weight excluding hydrogens is 416 g/mol. The molecule has 1 aromatic rings. The van der Waals surface area contributed by atoms with Gasteiger partial charge in [0.15, 0.2) is 5.76 Å². The largest absolute Gasteiger partial charge is 0.460 e. The number of allylic oxidation sites excluding steroid dienone is 1. The van der Waals surface area contributed by atoms with Gasteiger partial charge in [0.1, 0.15) is 29.8 Å². The smallest absolute Gasteiger partial charge is 0.342 e. The summed E-state index contributed by atoms with van der Waals surface area (Å²) < 4.78 is 22.6. The van der Waals surface area contributed by atoms with Crippen molar-refractivity contribution in [2.75, 3.05) is 13.7 Å². The lowest BCUT2D eigenvalue weighted by atomic mass is 9.49. The van der Waals surface area contributed by atoms with Crippen molar-refractivity contribution in [3.8, 4) is 0 Å². The zero-order valence-corrected chi connectivity index (χ0v) is 18.8. The second-order valence-corrected chi connectivity index (χ2v) is 9.91. The third-order valence-electron chi connectivity index (χ3n) is 8.46. The molecular formula is C24H26O8. The molecule has 3 aliphatic carbocycles. The molecule has 1 aliphatic heterocycles. The first-order valence-electron chi connectivity index (χ1n) is 10.8. The van der Waals surface area contributed by atoms with Crippen LogP contribution in [0.5, 0.6) is 0 Å². The maximum absolute atomic E-state index is 13.9. The first-order valence-corrected chi connectivity index (χ1v) is 10.8. The first-order chi connectivity index (χ1) is 15.0. The van der Waals surface area contributed by atoms with Gasteiger partial charge >= 0.3 is 11.9 Å². The molecule has 32 heavy (non-hydrogen) atoms. The molecule has 0 N–H and O–H groups in total. The van der Waals surface area contributed by atoms with Crippen molar-refractivity contribution in [3.05, 3.63) is 34.3 Å². The lowest BCUT2D eigenvalue weighted by molar-refractivity contribution is -0.151. The average Bonchev–Trinajstić information content (AvgIpc) is 3.26. The molecule has 0 unspecified atom stereocenters. The predicted octanol–water partition coefficient (Wildman–Crippen LogP) is 2.93. The Morgan fingerprint density at radius 1 is 1.19 bits per heavy atom. The van der Waals surface area contributed by atoms with E-state index in [1.54, 1.807) is 0 Å². The molecule has 8 nitrogen and oxygen atoms in total. The lowest BCUT2D eigenvalue weighted by Crippen LogP contribution is -2.59. The summed E-state index contributed by atoms with van der Waals surface area (Å²) in [6.45, 7) is 7.06. The topological polar surface area (TPSA) is 109 Å². The summed E-state index contributed by atoms with van der Waals surface area (Å²) in [5.41, 5.74) is -0.964. The van der Waals surface area contributed by atoms with Crippen LogP contribution in [-0.4, -0.2) is 49.4 Å². The molecule has 1 fully saturated rings. The maximum Gasteiger partial charge on any atom is 0.342 e. The van der Waals surface area contributed by atoms with E-state index in [0.29, 0.717) is 29.6 Å². The Labute approximate surface area is 185 Å². The molecule has 1 saturated carbocycles. The van der Waals surface area contributed by atoms with Crippen LogP contribution in [-0.2, 0) is 29.2 Å². The van der Waals surface area contributed by atoms with Crippen LogP contribution < -0.4 is 0 Å². The molecule has 2 heterocycles. The summed E-state index contributed by atoms with van der Waals surface area (Å²) in [7, 11) is 1.50. The lowest BCUT2D eigenvalue weighted by Gasteiger charge is -2.55. The van der Waals surface area contributed by atoms with Crippen LogP contribution in [0.1, 0.15) is 73.4 Å². The minimum Gasteiger partial charge on any atom is -0.460 e. The minimum absolute atomic E-state index is 0.0519. The van der Waals surface area contributed by atoms with Gasteiger partial charge in [-0.15, -0.1) is 0 Å². The number of methoxy groups -OCH3 is 1. The van der Waals surface area contributed by atoms with Crippen LogP contribution in [0.25, 0.3) is 0 Å². The number of carbonyl (C=O) groups excluding carboxylic acids is 4. The number of fused-ring (bicyclic) bond motifs is 3. The van der Waals surface area contributed by atoms with Gasteiger partial charge in [0.25, 0.3) is 0 Å². The number of hydrogen-bond acceptors (Lipinski definition) is 8. The first kappa shape index (κ1) is 21.1. The number of esters is 2. The van der Waals surface area contributed by atoms with Gasteiger partial charge in [-0.05, 0) is 18.9 Å². The molecule has 5 rings (SSSR count). The van der Waals surface area contributed by atoms with Crippen molar-refractivity contribution in [2.24, 2.45) is 10.8 Å². The fourth-order valence-electron chi connectivity index (χ4n) is 6.60. The van der Waals surface area contributed by atoms with Gasteiger partial charge in [-0.3, -0.25) is 14.4 Å². The number of cyclic esters (lactones) is 1. The number of furan rings is 1. The second kappa shape index (κ2) is 6.41. The predicted molar refractivity (Wildman–Crippen MR) is 109 cm³/mol. The molecule has 4 aliphatic rings. The van der Waals surface area contributed by atoms with Gasteiger partial charge in [-0.2, -0.15) is 0 Å². The highest BCUT2D eigenvalue weighted by Crippen LogP contribution is 2.66. The summed E-state index contributed by atoms with van der Waals surface area (Å²) >= 11 is 0. The molecule has 0 radical (unpaired) electrons. The standard InChI is InChI=1S/C24H26O8/c1-11(25)31-13-8-23(3)14(26)6-7-22(23,2)18-17(13)24(4)15(10-29-5)32-21(28)12-9-30-20(16(12)24)19(18)27/h9,13,15H,6-8,10H2,1-5H3/t13-,15-,22+,23-,24+/m1/s1. The third kappa shape index (κ3) is 2.26. The number of rotatable bonds is 3.